The molecule has 18 heavy (non-hydrogen) atoms. The van der Waals surface area contributed by atoms with Crippen LogP contribution in [0.25, 0.3) is 0 Å². The summed E-state index contributed by atoms with van der Waals surface area (Å²) in [5.41, 5.74) is 4.11. The van der Waals surface area contributed by atoms with E-state index in [-0.39, 0.29) is 11.6 Å². The Balaban J connectivity index is 2.14. The summed E-state index contributed by atoms with van der Waals surface area (Å²) in [6.07, 6.45) is 3.24. The van der Waals surface area contributed by atoms with E-state index in [1.165, 1.54) is 6.07 Å². The summed E-state index contributed by atoms with van der Waals surface area (Å²) in [5, 5.41) is 10.2. The summed E-state index contributed by atoms with van der Waals surface area (Å²) < 4.78 is 0. The summed E-state index contributed by atoms with van der Waals surface area (Å²) in [7, 11) is 0. The Bertz CT molecular complexity index is 554. The van der Waals surface area contributed by atoms with Gasteiger partial charge in [0.05, 0.1) is 11.9 Å². The zero-order valence-electron chi connectivity index (χ0n) is 9.71. The number of nitrogens with one attached hydrogen (secondary N) is 2. The van der Waals surface area contributed by atoms with E-state index >= 15 is 0 Å². The Labute approximate surface area is 103 Å². The number of nitrogens with two attached hydrogens (primary N) is 1. The normalized spacial score (nSPS) is 9.89. The number of amides is 1. The third kappa shape index (κ3) is 2.58. The van der Waals surface area contributed by atoms with Gasteiger partial charge >= 0.3 is 0 Å². The van der Waals surface area contributed by atoms with E-state index in [4.69, 9.17) is 5.84 Å². The highest BCUT2D eigenvalue weighted by molar-refractivity contribution is 6.03. The van der Waals surface area contributed by atoms with Crippen LogP contribution in [0.5, 0.6) is 0 Å². The SMILES string of the molecule is Cc1ccncc1NC(=O)c1ccc(NN)nn1. The first-order valence-corrected chi connectivity index (χ1v) is 5.23. The molecule has 2 aromatic heterocycles. The lowest BCUT2D eigenvalue weighted by Crippen LogP contribution is -2.16. The summed E-state index contributed by atoms with van der Waals surface area (Å²) in [6, 6.07) is 4.91. The van der Waals surface area contributed by atoms with Crippen molar-refractivity contribution < 1.29 is 4.79 Å². The molecule has 0 radical (unpaired) electrons. The fourth-order valence-corrected chi connectivity index (χ4v) is 1.31. The molecule has 2 rings (SSSR count). The fraction of sp³-hybridized carbons (Fsp3) is 0.0909. The molecule has 2 heterocycles. The Morgan fingerprint density at radius 1 is 1.28 bits per heavy atom. The van der Waals surface area contributed by atoms with E-state index in [0.717, 1.165) is 5.56 Å². The number of pyridine rings is 1. The smallest absolute Gasteiger partial charge is 0.276 e. The van der Waals surface area contributed by atoms with Gasteiger partial charge in [-0.1, -0.05) is 0 Å². The molecule has 2 aromatic rings. The van der Waals surface area contributed by atoms with Gasteiger partial charge in [0.15, 0.2) is 11.5 Å². The molecule has 0 atom stereocenters. The molecule has 0 saturated carbocycles. The van der Waals surface area contributed by atoms with Gasteiger partial charge in [-0.15, -0.1) is 10.2 Å². The number of aryl methyl sites for hydroxylation is 1. The minimum atomic E-state index is -0.345. The molecular weight excluding hydrogens is 232 g/mol. The molecule has 0 aliphatic rings. The quantitative estimate of drug-likeness (QED) is 0.542. The second-order valence-electron chi connectivity index (χ2n) is 3.59. The number of hydrazine groups is 1. The number of rotatable bonds is 3. The molecule has 0 fully saturated rings. The predicted octanol–water partition coefficient (Wildman–Crippen LogP) is 0.718. The maximum atomic E-state index is 11.9. The number of nitrogens with zero attached hydrogens (tertiary/aromatic N) is 3. The highest BCUT2D eigenvalue weighted by Gasteiger charge is 2.09. The molecule has 0 aromatic carbocycles. The van der Waals surface area contributed by atoms with E-state index in [9.17, 15) is 4.79 Å². The van der Waals surface area contributed by atoms with Gasteiger partial charge in [-0.3, -0.25) is 9.78 Å². The number of carbonyl (C=O) groups excluding carboxylic acids is 1. The number of hydrogen-bond acceptors (Lipinski definition) is 6. The third-order valence-corrected chi connectivity index (χ3v) is 2.33. The van der Waals surface area contributed by atoms with Crippen molar-refractivity contribution >= 4 is 17.4 Å². The number of anilines is 2. The van der Waals surface area contributed by atoms with E-state index in [1.54, 1.807) is 18.5 Å². The summed E-state index contributed by atoms with van der Waals surface area (Å²) >= 11 is 0. The first-order chi connectivity index (χ1) is 8.70. The Hall–Kier alpha value is -2.54. The molecule has 0 unspecified atom stereocenters. The molecule has 0 aliphatic heterocycles. The first-order valence-electron chi connectivity index (χ1n) is 5.23. The number of nitrogen functional groups attached to an aromatic ring is 1. The van der Waals surface area contributed by atoms with Crippen LogP contribution >= 0.6 is 0 Å². The number of aromatic nitrogens is 3. The van der Waals surface area contributed by atoms with Crippen molar-refractivity contribution in [2.45, 2.75) is 6.92 Å². The molecule has 7 nitrogen and oxygen atoms in total. The minimum Gasteiger partial charge on any atom is -0.319 e. The molecule has 7 heteroatoms. The first kappa shape index (κ1) is 11.9. The minimum absolute atomic E-state index is 0.206. The van der Waals surface area contributed by atoms with Crippen molar-refractivity contribution in [2.75, 3.05) is 10.7 Å². The van der Waals surface area contributed by atoms with E-state index in [1.807, 2.05) is 13.0 Å². The van der Waals surface area contributed by atoms with Gasteiger partial charge in [-0.05, 0) is 30.7 Å². The second-order valence-corrected chi connectivity index (χ2v) is 3.59. The number of hydrogen-bond donors (Lipinski definition) is 3. The standard InChI is InChI=1S/C11H12N6O/c1-7-4-5-13-6-9(7)14-11(18)8-2-3-10(15-12)17-16-8/h2-6H,12H2,1H3,(H,14,18)(H,15,17). The molecule has 0 spiro atoms. The molecule has 0 saturated heterocycles. The summed E-state index contributed by atoms with van der Waals surface area (Å²) in [4.78, 5) is 15.8. The molecule has 0 aliphatic carbocycles. The maximum Gasteiger partial charge on any atom is 0.276 e. The van der Waals surface area contributed by atoms with Gasteiger partial charge in [0.25, 0.3) is 5.91 Å². The number of carbonyl (C=O) groups is 1. The van der Waals surface area contributed by atoms with Crippen molar-refractivity contribution in [1.29, 1.82) is 0 Å². The van der Waals surface area contributed by atoms with E-state index < -0.39 is 0 Å². The van der Waals surface area contributed by atoms with Gasteiger partial charge in [-0.25, -0.2) is 5.84 Å². The van der Waals surface area contributed by atoms with Crippen molar-refractivity contribution in [3.05, 3.63) is 41.9 Å². The summed E-state index contributed by atoms with van der Waals surface area (Å²) in [5.74, 6) is 5.21. The van der Waals surface area contributed by atoms with Crippen LogP contribution in [0.2, 0.25) is 0 Å². The van der Waals surface area contributed by atoms with Crippen LogP contribution < -0.4 is 16.6 Å². The van der Waals surface area contributed by atoms with Crippen LogP contribution in [0, 0.1) is 6.92 Å². The third-order valence-electron chi connectivity index (χ3n) is 2.33. The lowest BCUT2D eigenvalue weighted by molar-refractivity contribution is 0.102. The van der Waals surface area contributed by atoms with Crippen molar-refractivity contribution in [3.63, 3.8) is 0 Å². The predicted molar refractivity (Wildman–Crippen MR) is 66.8 cm³/mol. The molecule has 1 amide bonds. The average molecular weight is 244 g/mol. The molecule has 4 N–H and O–H groups in total. The van der Waals surface area contributed by atoms with Gasteiger partial charge in [0, 0.05) is 6.20 Å². The maximum absolute atomic E-state index is 11.9. The van der Waals surface area contributed by atoms with Crippen LogP contribution in [0.15, 0.2) is 30.6 Å². The van der Waals surface area contributed by atoms with Crippen LogP contribution in [-0.2, 0) is 0 Å². The van der Waals surface area contributed by atoms with E-state index in [0.29, 0.717) is 11.5 Å². The van der Waals surface area contributed by atoms with Crippen molar-refractivity contribution in [2.24, 2.45) is 5.84 Å². The zero-order chi connectivity index (χ0) is 13.0. The van der Waals surface area contributed by atoms with Gasteiger partial charge in [-0.2, -0.15) is 0 Å². The highest BCUT2D eigenvalue weighted by Crippen LogP contribution is 2.12. The molecule has 0 bridgehead atoms. The van der Waals surface area contributed by atoms with Gasteiger partial charge in [0.2, 0.25) is 0 Å². The average Bonchev–Trinajstić information content (AvgIpc) is 2.41. The summed E-state index contributed by atoms with van der Waals surface area (Å²) in [6.45, 7) is 1.88. The Morgan fingerprint density at radius 2 is 2.11 bits per heavy atom. The topological polar surface area (TPSA) is 106 Å². The Kier molecular flexibility index (Phi) is 3.44. The molecular formula is C11H12N6O. The van der Waals surface area contributed by atoms with Crippen LogP contribution in [0.1, 0.15) is 16.1 Å². The van der Waals surface area contributed by atoms with Gasteiger partial charge < -0.3 is 10.7 Å². The van der Waals surface area contributed by atoms with Crippen molar-refractivity contribution in [3.8, 4) is 0 Å². The zero-order valence-corrected chi connectivity index (χ0v) is 9.71. The largest absolute Gasteiger partial charge is 0.319 e. The fourth-order valence-electron chi connectivity index (χ4n) is 1.31. The van der Waals surface area contributed by atoms with Crippen LogP contribution in [-0.4, -0.2) is 21.1 Å². The van der Waals surface area contributed by atoms with E-state index in [2.05, 4.69) is 25.9 Å². The van der Waals surface area contributed by atoms with Gasteiger partial charge in [0.1, 0.15) is 0 Å². The Morgan fingerprint density at radius 3 is 2.72 bits per heavy atom. The van der Waals surface area contributed by atoms with Crippen LogP contribution in [0.3, 0.4) is 0 Å². The lowest BCUT2D eigenvalue weighted by atomic mass is 10.2. The second kappa shape index (κ2) is 5.19. The van der Waals surface area contributed by atoms with Crippen molar-refractivity contribution in [1.82, 2.24) is 15.2 Å². The van der Waals surface area contributed by atoms with Crippen LogP contribution in [0.4, 0.5) is 11.5 Å². The monoisotopic (exact) mass is 244 g/mol. The molecule has 92 valence electrons. The highest BCUT2D eigenvalue weighted by atomic mass is 16.1. The lowest BCUT2D eigenvalue weighted by Gasteiger charge is -2.06.